The Labute approximate surface area is 91.5 Å². The molecule has 0 aromatic heterocycles. The average Bonchev–Trinajstić information content (AvgIpc) is 2.65. The van der Waals surface area contributed by atoms with Gasteiger partial charge in [0.05, 0.1) is 12.7 Å². The lowest BCUT2D eigenvalue weighted by atomic mass is 10.1. The zero-order chi connectivity index (χ0) is 11.1. The summed E-state index contributed by atoms with van der Waals surface area (Å²) in [4.78, 5) is 2.17. The van der Waals surface area contributed by atoms with E-state index in [1.165, 1.54) is 0 Å². The maximum Gasteiger partial charge on any atom is 0.0667 e. The lowest BCUT2D eigenvalue weighted by Gasteiger charge is -2.25. The Morgan fingerprint density at radius 2 is 2.07 bits per heavy atom. The van der Waals surface area contributed by atoms with Gasteiger partial charge in [0.25, 0.3) is 0 Å². The van der Waals surface area contributed by atoms with Crippen molar-refractivity contribution >= 4 is 0 Å². The Hall–Kier alpha value is -0.160. The van der Waals surface area contributed by atoms with Crippen molar-refractivity contribution in [2.75, 3.05) is 26.3 Å². The van der Waals surface area contributed by atoms with Gasteiger partial charge in [-0.15, -0.1) is 0 Å². The third-order valence-corrected chi connectivity index (χ3v) is 3.10. The van der Waals surface area contributed by atoms with Gasteiger partial charge in [0.15, 0.2) is 0 Å². The number of hydrogen-bond donors (Lipinski definition) is 3. The van der Waals surface area contributed by atoms with Crippen LogP contribution in [0.1, 0.15) is 32.1 Å². The van der Waals surface area contributed by atoms with Crippen LogP contribution in [-0.4, -0.2) is 58.7 Å². The SMILES string of the molecule is OCCCCC(O)CN1CCCC1CO. The number of likely N-dealkylation sites (tertiary alicyclic amines) is 1. The lowest BCUT2D eigenvalue weighted by Crippen LogP contribution is -2.38. The number of aliphatic hydroxyl groups is 3. The molecule has 2 unspecified atom stereocenters. The highest BCUT2D eigenvalue weighted by molar-refractivity contribution is 4.80. The van der Waals surface area contributed by atoms with E-state index in [2.05, 4.69) is 4.90 Å². The van der Waals surface area contributed by atoms with E-state index in [4.69, 9.17) is 10.2 Å². The Morgan fingerprint density at radius 1 is 1.27 bits per heavy atom. The maximum absolute atomic E-state index is 9.74. The molecule has 0 aromatic rings. The average molecular weight is 217 g/mol. The van der Waals surface area contributed by atoms with Crippen molar-refractivity contribution in [1.82, 2.24) is 4.90 Å². The molecular weight excluding hydrogens is 194 g/mol. The van der Waals surface area contributed by atoms with Crippen LogP contribution in [0.3, 0.4) is 0 Å². The highest BCUT2D eigenvalue weighted by atomic mass is 16.3. The molecular formula is C11H23NO3. The van der Waals surface area contributed by atoms with Crippen molar-refractivity contribution < 1.29 is 15.3 Å². The Morgan fingerprint density at radius 3 is 2.73 bits per heavy atom. The van der Waals surface area contributed by atoms with Crippen LogP contribution >= 0.6 is 0 Å². The summed E-state index contributed by atoms with van der Waals surface area (Å²) in [6, 6.07) is 0.248. The van der Waals surface area contributed by atoms with Gasteiger partial charge in [0.2, 0.25) is 0 Å². The summed E-state index contributed by atoms with van der Waals surface area (Å²) in [5.74, 6) is 0. The monoisotopic (exact) mass is 217 g/mol. The highest BCUT2D eigenvalue weighted by Crippen LogP contribution is 2.17. The van der Waals surface area contributed by atoms with E-state index in [-0.39, 0.29) is 25.4 Å². The second-order valence-corrected chi connectivity index (χ2v) is 4.35. The van der Waals surface area contributed by atoms with E-state index < -0.39 is 0 Å². The maximum atomic E-state index is 9.74. The normalized spacial score (nSPS) is 24.6. The Kier molecular flexibility index (Phi) is 6.17. The van der Waals surface area contributed by atoms with Crippen molar-refractivity contribution in [1.29, 1.82) is 0 Å². The van der Waals surface area contributed by atoms with E-state index in [1.807, 2.05) is 0 Å². The van der Waals surface area contributed by atoms with Crippen LogP contribution in [0.4, 0.5) is 0 Å². The summed E-state index contributed by atoms with van der Waals surface area (Å²) >= 11 is 0. The topological polar surface area (TPSA) is 63.9 Å². The number of nitrogens with zero attached hydrogens (tertiary/aromatic N) is 1. The van der Waals surface area contributed by atoms with Gasteiger partial charge in [0.1, 0.15) is 0 Å². The predicted molar refractivity (Wildman–Crippen MR) is 58.6 cm³/mol. The molecule has 1 heterocycles. The fourth-order valence-electron chi connectivity index (χ4n) is 2.20. The first kappa shape index (κ1) is 12.9. The van der Waals surface area contributed by atoms with E-state index in [9.17, 15) is 5.11 Å². The van der Waals surface area contributed by atoms with Gasteiger partial charge in [-0.05, 0) is 38.6 Å². The van der Waals surface area contributed by atoms with Gasteiger partial charge in [-0.1, -0.05) is 0 Å². The summed E-state index contributed by atoms with van der Waals surface area (Å²) < 4.78 is 0. The molecule has 1 aliphatic rings. The minimum absolute atomic E-state index is 0.198. The molecule has 0 amide bonds. The Bertz CT molecular complexity index is 166. The van der Waals surface area contributed by atoms with E-state index in [1.54, 1.807) is 0 Å². The predicted octanol–water partition coefficient (Wildman–Crippen LogP) is -0.0334. The number of β-amino-alcohol motifs (C(OH)–C–C–N with tert-alkyl or cyclic N) is 1. The van der Waals surface area contributed by atoms with Gasteiger partial charge >= 0.3 is 0 Å². The first-order valence-electron chi connectivity index (χ1n) is 5.91. The van der Waals surface area contributed by atoms with Crippen molar-refractivity contribution in [3.8, 4) is 0 Å². The lowest BCUT2D eigenvalue weighted by molar-refractivity contribution is 0.0777. The summed E-state index contributed by atoms with van der Waals surface area (Å²) in [7, 11) is 0. The minimum Gasteiger partial charge on any atom is -0.396 e. The number of hydrogen-bond acceptors (Lipinski definition) is 4. The Balaban J connectivity index is 2.15. The van der Waals surface area contributed by atoms with E-state index in [0.29, 0.717) is 6.54 Å². The second-order valence-electron chi connectivity index (χ2n) is 4.35. The molecule has 1 aliphatic heterocycles. The molecule has 90 valence electrons. The van der Waals surface area contributed by atoms with Crippen LogP contribution in [0.25, 0.3) is 0 Å². The van der Waals surface area contributed by atoms with Crippen LogP contribution in [0, 0.1) is 0 Å². The zero-order valence-corrected chi connectivity index (χ0v) is 9.31. The summed E-state index contributed by atoms with van der Waals surface area (Å²) in [5, 5.41) is 27.5. The van der Waals surface area contributed by atoms with Crippen molar-refractivity contribution in [3.05, 3.63) is 0 Å². The molecule has 1 rings (SSSR count). The molecule has 0 bridgehead atoms. The third kappa shape index (κ3) is 4.47. The largest absolute Gasteiger partial charge is 0.396 e. The van der Waals surface area contributed by atoms with Crippen molar-refractivity contribution in [2.45, 2.75) is 44.2 Å². The molecule has 1 fully saturated rings. The molecule has 15 heavy (non-hydrogen) atoms. The summed E-state index contributed by atoms with van der Waals surface area (Å²) in [6.07, 6.45) is 4.23. The van der Waals surface area contributed by atoms with Crippen molar-refractivity contribution in [2.24, 2.45) is 0 Å². The van der Waals surface area contributed by atoms with Gasteiger partial charge in [-0.2, -0.15) is 0 Å². The molecule has 2 atom stereocenters. The molecule has 4 heteroatoms. The molecule has 3 N–H and O–H groups in total. The van der Waals surface area contributed by atoms with Crippen LogP contribution in [0.15, 0.2) is 0 Å². The second kappa shape index (κ2) is 7.17. The molecule has 1 saturated heterocycles. The zero-order valence-electron chi connectivity index (χ0n) is 9.31. The fourth-order valence-corrected chi connectivity index (χ4v) is 2.20. The van der Waals surface area contributed by atoms with Crippen LogP contribution in [-0.2, 0) is 0 Å². The summed E-state index contributed by atoms with van der Waals surface area (Å²) in [5.41, 5.74) is 0. The van der Waals surface area contributed by atoms with Gasteiger partial charge in [-0.25, -0.2) is 0 Å². The quantitative estimate of drug-likeness (QED) is 0.524. The first-order valence-corrected chi connectivity index (χ1v) is 5.91. The van der Waals surface area contributed by atoms with Crippen molar-refractivity contribution in [3.63, 3.8) is 0 Å². The molecule has 4 nitrogen and oxygen atoms in total. The third-order valence-electron chi connectivity index (χ3n) is 3.10. The van der Waals surface area contributed by atoms with Gasteiger partial charge in [0, 0.05) is 19.2 Å². The number of rotatable bonds is 7. The minimum atomic E-state index is -0.316. The first-order chi connectivity index (χ1) is 7.27. The highest BCUT2D eigenvalue weighted by Gasteiger charge is 2.25. The number of unbranched alkanes of at least 4 members (excludes halogenated alkanes) is 1. The standard InChI is InChI=1S/C11H23NO3/c13-7-2-1-5-11(15)8-12-6-3-4-10(12)9-14/h10-11,13-15H,1-9H2. The molecule has 0 aliphatic carbocycles. The summed E-state index contributed by atoms with van der Waals surface area (Å²) in [6.45, 7) is 2.05. The molecule has 0 saturated carbocycles. The smallest absolute Gasteiger partial charge is 0.0667 e. The molecule has 0 spiro atoms. The van der Waals surface area contributed by atoms with Crippen LogP contribution < -0.4 is 0 Å². The van der Waals surface area contributed by atoms with Crippen LogP contribution in [0.5, 0.6) is 0 Å². The number of aliphatic hydroxyl groups excluding tert-OH is 3. The fraction of sp³-hybridized carbons (Fsp3) is 1.00. The molecule has 0 aromatic carbocycles. The van der Waals surface area contributed by atoms with E-state index >= 15 is 0 Å². The molecule has 0 radical (unpaired) electrons. The van der Waals surface area contributed by atoms with E-state index in [0.717, 1.165) is 38.6 Å². The van der Waals surface area contributed by atoms with Gasteiger partial charge in [-0.3, -0.25) is 4.90 Å². The van der Waals surface area contributed by atoms with Gasteiger partial charge < -0.3 is 15.3 Å². The van der Waals surface area contributed by atoms with Crippen LogP contribution in [0.2, 0.25) is 0 Å².